The highest BCUT2D eigenvalue weighted by molar-refractivity contribution is 5.92. The molecule has 0 radical (unpaired) electrons. The van der Waals surface area contributed by atoms with Crippen molar-refractivity contribution in [3.8, 4) is 5.75 Å². The molecule has 0 unspecified atom stereocenters. The molecule has 3 aromatic rings. The molecule has 178 valence electrons. The van der Waals surface area contributed by atoms with Gasteiger partial charge >= 0.3 is 5.63 Å². The number of carbonyl (C=O) groups excluding carboxylic acids is 2. The minimum atomic E-state index is -0.421. The molecule has 2 aromatic carbocycles. The van der Waals surface area contributed by atoms with E-state index >= 15 is 0 Å². The number of piperazine rings is 1. The summed E-state index contributed by atoms with van der Waals surface area (Å²) in [5.41, 5.74) is 2.60. The second-order valence-electron chi connectivity index (χ2n) is 8.49. The number of aryl methyl sites for hydroxylation is 1. The summed E-state index contributed by atoms with van der Waals surface area (Å²) < 4.78 is 10.5. The molecule has 0 bridgehead atoms. The van der Waals surface area contributed by atoms with Gasteiger partial charge in [-0.05, 0) is 41.8 Å². The maximum absolute atomic E-state index is 12.7. The first-order valence-corrected chi connectivity index (χ1v) is 11.4. The molecule has 0 spiro atoms. The highest BCUT2D eigenvalue weighted by Gasteiger charge is 2.22. The molecular formula is C26H29N3O5. The van der Waals surface area contributed by atoms with Crippen molar-refractivity contribution < 1.29 is 18.7 Å². The minimum Gasteiger partial charge on any atom is -0.497 e. The van der Waals surface area contributed by atoms with Crippen LogP contribution in [0.25, 0.3) is 11.0 Å². The van der Waals surface area contributed by atoms with Crippen LogP contribution in [0.1, 0.15) is 24.5 Å². The number of nitrogens with one attached hydrogen (secondary N) is 1. The molecule has 4 rings (SSSR count). The molecule has 1 saturated heterocycles. The van der Waals surface area contributed by atoms with Crippen LogP contribution in [0.5, 0.6) is 5.75 Å². The Morgan fingerprint density at radius 2 is 1.76 bits per heavy atom. The van der Waals surface area contributed by atoms with Crippen molar-refractivity contribution in [2.24, 2.45) is 0 Å². The molecular weight excluding hydrogens is 434 g/mol. The maximum Gasteiger partial charge on any atom is 0.336 e. The van der Waals surface area contributed by atoms with E-state index in [0.29, 0.717) is 43.7 Å². The summed E-state index contributed by atoms with van der Waals surface area (Å²) in [5, 5.41) is 3.54. The smallest absolute Gasteiger partial charge is 0.336 e. The second kappa shape index (κ2) is 10.5. The van der Waals surface area contributed by atoms with Gasteiger partial charge in [-0.15, -0.1) is 0 Å². The molecule has 8 nitrogen and oxygen atoms in total. The highest BCUT2D eigenvalue weighted by Crippen LogP contribution is 2.23. The van der Waals surface area contributed by atoms with Crippen LogP contribution in [0.15, 0.2) is 57.7 Å². The summed E-state index contributed by atoms with van der Waals surface area (Å²) >= 11 is 0. The molecule has 1 aliphatic rings. The number of rotatable bonds is 7. The first-order chi connectivity index (χ1) is 16.4. The number of methoxy groups -OCH3 is 1. The average molecular weight is 464 g/mol. The summed E-state index contributed by atoms with van der Waals surface area (Å²) in [6, 6.07) is 14.6. The minimum absolute atomic E-state index is 0.159. The van der Waals surface area contributed by atoms with Crippen LogP contribution in [-0.2, 0) is 22.6 Å². The van der Waals surface area contributed by atoms with Crippen molar-refractivity contribution in [1.29, 1.82) is 0 Å². The Morgan fingerprint density at radius 1 is 1.03 bits per heavy atom. The van der Waals surface area contributed by atoms with E-state index in [2.05, 4.69) is 10.2 Å². The fraction of sp³-hybridized carbons (Fsp3) is 0.346. The van der Waals surface area contributed by atoms with Crippen molar-refractivity contribution in [1.82, 2.24) is 9.80 Å². The van der Waals surface area contributed by atoms with Gasteiger partial charge in [0.1, 0.15) is 11.3 Å². The predicted octanol–water partition coefficient (Wildman–Crippen LogP) is 3.04. The molecule has 1 fully saturated rings. The Morgan fingerprint density at radius 3 is 2.44 bits per heavy atom. The zero-order valence-corrected chi connectivity index (χ0v) is 19.5. The van der Waals surface area contributed by atoms with Crippen molar-refractivity contribution in [2.75, 3.05) is 38.6 Å². The first-order valence-electron chi connectivity index (χ1n) is 11.4. The molecule has 34 heavy (non-hydrogen) atoms. The lowest BCUT2D eigenvalue weighted by Crippen LogP contribution is -2.48. The van der Waals surface area contributed by atoms with Gasteiger partial charge in [0.25, 0.3) is 0 Å². The van der Waals surface area contributed by atoms with Gasteiger partial charge in [-0.25, -0.2) is 4.79 Å². The normalized spacial score (nSPS) is 14.2. The first kappa shape index (κ1) is 23.5. The van der Waals surface area contributed by atoms with E-state index in [9.17, 15) is 14.4 Å². The van der Waals surface area contributed by atoms with E-state index in [1.165, 1.54) is 13.0 Å². The van der Waals surface area contributed by atoms with Crippen molar-refractivity contribution in [3.63, 3.8) is 0 Å². The summed E-state index contributed by atoms with van der Waals surface area (Å²) in [4.78, 5) is 40.3. The van der Waals surface area contributed by atoms with Crippen LogP contribution in [-0.4, -0.2) is 54.9 Å². The lowest BCUT2D eigenvalue weighted by molar-refractivity contribution is -0.133. The fourth-order valence-electron chi connectivity index (χ4n) is 4.24. The van der Waals surface area contributed by atoms with Gasteiger partial charge in [0.2, 0.25) is 11.8 Å². The molecule has 0 atom stereocenters. The van der Waals surface area contributed by atoms with E-state index < -0.39 is 5.63 Å². The molecule has 8 heteroatoms. The number of fused-ring (bicyclic) bond motifs is 1. The van der Waals surface area contributed by atoms with Gasteiger partial charge < -0.3 is 19.4 Å². The Bertz CT molecular complexity index is 1230. The standard InChI is InChI=1S/C26H29N3O5/c1-18(30)27-21-6-9-23-20(15-26(32)34-24(23)16-21)17-28-11-13-29(14-12-28)25(31)10-5-19-3-7-22(33-2)8-4-19/h3-4,6-9,15-16H,5,10-14,17H2,1-2H3,(H,27,30). The predicted molar refractivity (Wildman–Crippen MR) is 130 cm³/mol. The number of ether oxygens (including phenoxy) is 1. The molecule has 1 N–H and O–H groups in total. The number of benzene rings is 2. The van der Waals surface area contributed by atoms with Gasteiger partial charge in [-0.2, -0.15) is 0 Å². The van der Waals surface area contributed by atoms with Crippen LogP contribution < -0.4 is 15.7 Å². The lowest BCUT2D eigenvalue weighted by Gasteiger charge is -2.35. The molecule has 0 saturated carbocycles. The molecule has 2 heterocycles. The van der Waals surface area contributed by atoms with Crippen LogP contribution in [0.4, 0.5) is 5.69 Å². The third kappa shape index (κ3) is 5.82. The van der Waals surface area contributed by atoms with Gasteiger partial charge in [0.15, 0.2) is 0 Å². The van der Waals surface area contributed by atoms with E-state index in [1.54, 1.807) is 19.2 Å². The van der Waals surface area contributed by atoms with Crippen LogP contribution in [0, 0.1) is 0 Å². The molecule has 1 aliphatic heterocycles. The third-order valence-electron chi connectivity index (χ3n) is 6.06. The Balaban J connectivity index is 1.34. The van der Waals surface area contributed by atoms with Crippen LogP contribution in [0.2, 0.25) is 0 Å². The van der Waals surface area contributed by atoms with Crippen LogP contribution >= 0.6 is 0 Å². The molecule has 2 amide bonds. The second-order valence-corrected chi connectivity index (χ2v) is 8.49. The van der Waals surface area contributed by atoms with Gasteiger partial charge in [0, 0.05) is 69.3 Å². The van der Waals surface area contributed by atoms with Crippen molar-refractivity contribution in [3.05, 3.63) is 70.1 Å². The number of amides is 2. The Labute approximate surface area is 198 Å². The summed E-state index contributed by atoms with van der Waals surface area (Å²) in [5.74, 6) is 0.782. The topological polar surface area (TPSA) is 92.1 Å². The number of hydrogen-bond acceptors (Lipinski definition) is 6. The van der Waals surface area contributed by atoms with Crippen molar-refractivity contribution in [2.45, 2.75) is 26.3 Å². The van der Waals surface area contributed by atoms with Crippen molar-refractivity contribution >= 4 is 28.5 Å². The van der Waals surface area contributed by atoms with E-state index in [-0.39, 0.29) is 11.8 Å². The Hall–Kier alpha value is -3.65. The third-order valence-corrected chi connectivity index (χ3v) is 6.06. The lowest BCUT2D eigenvalue weighted by atomic mass is 10.1. The average Bonchev–Trinajstić information content (AvgIpc) is 2.82. The van der Waals surface area contributed by atoms with E-state index in [4.69, 9.17) is 9.15 Å². The molecule has 1 aromatic heterocycles. The summed E-state index contributed by atoms with van der Waals surface area (Å²) in [6.45, 7) is 4.82. The van der Waals surface area contributed by atoms with Gasteiger partial charge in [0.05, 0.1) is 7.11 Å². The zero-order valence-electron chi connectivity index (χ0n) is 19.5. The number of hydrogen-bond donors (Lipinski definition) is 1. The summed E-state index contributed by atoms with van der Waals surface area (Å²) in [6.07, 6.45) is 1.18. The van der Waals surface area contributed by atoms with E-state index in [0.717, 1.165) is 35.4 Å². The molecule has 0 aliphatic carbocycles. The Kier molecular flexibility index (Phi) is 7.27. The zero-order chi connectivity index (χ0) is 24.1. The summed E-state index contributed by atoms with van der Waals surface area (Å²) in [7, 11) is 1.64. The number of nitrogens with zero attached hydrogens (tertiary/aromatic N) is 2. The van der Waals surface area contributed by atoms with Gasteiger partial charge in [-0.1, -0.05) is 12.1 Å². The number of anilines is 1. The van der Waals surface area contributed by atoms with Crippen LogP contribution in [0.3, 0.4) is 0 Å². The quantitative estimate of drug-likeness (QED) is 0.542. The monoisotopic (exact) mass is 463 g/mol. The highest BCUT2D eigenvalue weighted by atomic mass is 16.5. The number of carbonyl (C=O) groups is 2. The maximum atomic E-state index is 12.7. The van der Waals surface area contributed by atoms with E-state index in [1.807, 2.05) is 35.2 Å². The fourth-order valence-corrected chi connectivity index (χ4v) is 4.24. The SMILES string of the molecule is COc1ccc(CCC(=O)N2CCN(Cc3cc(=O)oc4cc(NC(C)=O)ccc34)CC2)cc1. The largest absolute Gasteiger partial charge is 0.497 e. The van der Waals surface area contributed by atoms with Gasteiger partial charge in [-0.3, -0.25) is 14.5 Å².